The fourth-order valence-corrected chi connectivity index (χ4v) is 13.6. The Bertz CT molecular complexity index is 1920. The topological polar surface area (TPSA) is 237 Å². The van der Waals surface area contributed by atoms with Crippen molar-refractivity contribution in [3.8, 4) is 0 Å². The molecule has 98 heavy (non-hydrogen) atoms. The van der Waals surface area contributed by atoms with Crippen LogP contribution in [0.5, 0.6) is 0 Å². The van der Waals surface area contributed by atoms with Crippen LogP contribution in [0.4, 0.5) is 0 Å². The predicted octanol–water partition coefficient (Wildman–Crippen LogP) is 23.2. The number of unbranched alkanes of at least 4 members (excludes halogenated alkanes) is 41. The second-order valence-electron chi connectivity index (χ2n) is 30.1. The number of rotatable bonds is 76. The zero-order valence-corrected chi connectivity index (χ0v) is 66.2. The van der Waals surface area contributed by atoms with Crippen molar-refractivity contribution in [2.45, 2.75) is 420 Å². The average Bonchev–Trinajstić information content (AvgIpc) is 1.08. The number of aliphatic hydroxyl groups is 1. The maximum absolute atomic E-state index is 13.1. The molecule has 582 valence electrons. The Morgan fingerprint density at radius 1 is 0.286 bits per heavy atom. The van der Waals surface area contributed by atoms with Crippen LogP contribution in [0.1, 0.15) is 402 Å². The van der Waals surface area contributed by atoms with Crippen molar-refractivity contribution < 1.29 is 80.2 Å². The number of phosphoric acid groups is 2. The lowest BCUT2D eigenvalue weighted by Crippen LogP contribution is -2.30. The summed E-state index contributed by atoms with van der Waals surface area (Å²) in [6, 6.07) is 0. The summed E-state index contributed by atoms with van der Waals surface area (Å²) in [5.41, 5.74) is 0. The summed E-state index contributed by atoms with van der Waals surface area (Å²) < 4.78 is 68.6. The Kier molecular flexibility index (Phi) is 66.8. The molecule has 6 atom stereocenters. The van der Waals surface area contributed by atoms with Crippen LogP contribution in [0.2, 0.25) is 0 Å². The summed E-state index contributed by atoms with van der Waals surface area (Å²) in [5.74, 6) is 0.971. The number of ether oxygens (including phenoxy) is 4. The Hall–Kier alpha value is -1.94. The van der Waals surface area contributed by atoms with Gasteiger partial charge in [0, 0.05) is 25.7 Å². The van der Waals surface area contributed by atoms with E-state index in [4.69, 9.17) is 37.0 Å². The molecule has 0 aromatic rings. The highest BCUT2D eigenvalue weighted by molar-refractivity contribution is 7.47. The van der Waals surface area contributed by atoms with E-state index in [0.717, 1.165) is 120 Å². The first-order valence-corrected chi connectivity index (χ1v) is 43.7. The molecule has 3 N–H and O–H groups in total. The molecule has 0 aliphatic rings. The minimum atomic E-state index is -4.96. The molecule has 0 aliphatic heterocycles. The van der Waals surface area contributed by atoms with Crippen molar-refractivity contribution in [2.24, 2.45) is 23.7 Å². The van der Waals surface area contributed by atoms with Crippen LogP contribution in [0.15, 0.2) is 0 Å². The van der Waals surface area contributed by atoms with Crippen molar-refractivity contribution >= 4 is 39.5 Å². The van der Waals surface area contributed by atoms with Crippen LogP contribution in [0, 0.1) is 23.7 Å². The molecule has 0 aliphatic carbocycles. The van der Waals surface area contributed by atoms with Gasteiger partial charge in [0.15, 0.2) is 12.2 Å². The molecule has 0 saturated carbocycles. The monoisotopic (exact) mass is 1440 g/mol. The van der Waals surface area contributed by atoms with Crippen molar-refractivity contribution in [1.82, 2.24) is 0 Å². The molecule has 0 amide bonds. The van der Waals surface area contributed by atoms with Crippen molar-refractivity contribution in [2.75, 3.05) is 39.6 Å². The van der Waals surface area contributed by atoms with E-state index in [9.17, 15) is 43.2 Å². The average molecular weight is 1440 g/mol. The molecule has 0 saturated heterocycles. The first kappa shape index (κ1) is 96.1. The highest BCUT2D eigenvalue weighted by atomic mass is 31.2. The number of esters is 4. The summed E-state index contributed by atoms with van der Waals surface area (Å²) in [4.78, 5) is 72.9. The van der Waals surface area contributed by atoms with Crippen LogP contribution >= 0.6 is 15.6 Å². The normalized spacial score (nSPS) is 14.3. The van der Waals surface area contributed by atoms with Crippen molar-refractivity contribution in [3.05, 3.63) is 0 Å². The smallest absolute Gasteiger partial charge is 0.462 e. The van der Waals surface area contributed by atoms with E-state index in [2.05, 4.69) is 55.4 Å². The predicted molar refractivity (Wildman–Crippen MR) is 400 cm³/mol. The summed E-state index contributed by atoms with van der Waals surface area (Å²) in [6.07, 6.45) is 54.1. The highest BCUT2D eigenvalue weighted by Gasteiger charge is 2.30. The largest absolute Gasteiger partial charge is 0.472 e. The van der Waals surface area contributed by atoms with Gasteiger partial charge in [-0.2, -0.15) is 0 Å². The molecule has 0 rings (SSSR count). The van der Waals surface area contributed by atoms with Gasteiger partial charge in [-0.25, -0.2) is 9.13 Å². The maximum atomic E-state index is 13.1. The van der Waals surface area contributed by atoms with Crippen LogP contribution in [-0.2, 0) is 65.4 Å². The molecule has 3 unspecified atom stereocenters. The fraction of sp³-hybridized carbons (Fsp3) is 0.949. The number of hydrogen-bond donors (Lipinski definition) is 3. The van der Waals surface area contributed by atoms with E-state index in [-0.39, 0.29) is 25.7 Å². The summed E-state index contributed by atoms with van der Waals surface area (Å²) in [7, 11) is -9.92. The maximum Gasteiger partial charge on any atom is 0.472 e. The summed E-state index contributed by atoms with van der Waals surface area (Å²) in [6.45, 7) is 14.2. The van der Waals surface area contributed by atoms with Gasteiger partial charge in [-0.1, -0.05) is 351 Å². The molecule has 0 spiro atoms. The first-order chi connectivity index (χ1) is 47.1. The van der Waals surface area contributed by atoms with Gasteiger partial charge in [-0.3, -0.25) is 37.3 Å². The molecule has 17 nitrogen and oxygen atoms in total. The Balaban J connectivity index is 5.24. The minimum absolute atomic E-state index is 0.106. The quantitative estimate of drug-likeness (QED) is 0.0222. The van der Waals surface area contributed by atoms with E-state index < -0.39 is 97.5 Å². The zero-order valence-electron chi connectivity index (χ0n) is 64.4. The van der Waals surface area contributed by atoms with Crippen molar-refractivity contribution in [3.63, 3.8) is 0 Å². The van der Waals surface area contributed by atoms with Gasteiger partial charge in [0.2, 0.25) is 0 Å². The van der Waals surface area contributed by atoms with E-state index >= 15 is 0 Å². The number of phosphoric ester groups is 2. The molecule has 0 aromatic heterocycles. The van der Waals surface area contributed by atoms with Gasteiger partial charge < -0.3 is 33.8 Å². The second-order valence-corrected chi connectivity index (χ2v) is 33.0. The van der Waals surface area contributed by atoms with Gasteiger partial charge in [0.25, 0.3) is 0 Å². The lowest BCUT2D eigenvalue weighted by atomic mass is 10.00. The second kappa shape index (κ2) is 68.2. The SMILES string of the molecule is CCC(C)CCCCCCCCC(=O)OC[C@H](COP(=O)(O)OC[C@H](O)COP(=O)(O)OC[C@@H](COC(=O)CCCCCCCCCCCCCC(C)C)OC(=O)CCCCCCCCCCCCCCC(C)C)OC(=O)CCCCCCCCCCCCCCCCCCC(C)C. The van der Waals surface area contributed by atoms with Gasteiger partial charge >= 0.3 is 39.5 Å². The van der Waals surface area contributed by atoms with E-state index in [0.29, 0.717) is 25.7 Å². The minimum Gasteiger partial charge on any atom is -0.462 e. The standard InChI is InChI=1S/C79H154O17P2/c1-9-72(8)58-50-42-37-38-44-52-60-77(82)90-66-75(96-79(84)61-53-45-35-29-22-15-13-11-10-12-14-19-25-31-39-47-55-69(2)3)68-94-98(87,88)92-64-73(80)63-91-97(85,86)93-67-74(65-89-76(81)59-51-43-34-28-24-18-21-27-33-41-49-57-71(6)7)95-78(83)62-54-46-36-30-23-17-16-20-26-32-40-48-56-70(4)5/h69-75,80H,9-68H2,1-8H3,(H,85,86)(H,87,88)/t72?,73-,74-,75-/m1/s1. The van der Waals surface area contributed by atoms with Crippen LogP contribution in [0.25, 0.3) is 0 Å². The third kappa shape index (κ3) is 71.1. The molecule has 19 heteroatoms. The third-order valence-corrected chi connectivity index (χ3v) is 20.6. The van der Waals surface area contributed by atoms with Gasteiger partial charge in [0.05, 0.1) is 26.4 Å². The Labute approximate surface area is 600 Å². The molecule has 0 bridgehead atoms. The van der Waals surface area contributed by atoms with Crippen LogP contribution < -0.4 is 0 Å². The lowest BCUT2D eigenvalue weighted by molar-refractivity contribution is -0.161. The molecular weight excluding hydrogens is 1280 g/mol. The molecule has 0 heterocycles. The van der Waals surface area contributed by atoms with E-state index in [1.807, 2.05) is 0 Å². The van der Waals surface area contributed by atoms with Crippen LogP contribution in [0.3, 0.4) is 0 Å². The summed E-state index contributed by atoms with van der Waals surface area (Å²) in [5, 5.41) is 10.6. The molecule has 0 aromatic carbocycles. The number of hydrogen-bond acceptors (Lipinski definition) is 15. The van der Waals surface area contributed by atoms with Crippen LogP contribution in [-0.4, -0.2) is 96.7 Å². The van der Waals surface area contributed by atoms with Crippen molar-refractivity contribution in [1.29, 1.82) is 0 Å². The lowest BCUT2D eigenvalue weighted by Gasteiger charge is -2.21. The number of carbonyl (C=O) groups is 4. The molecule has 0 radical (unpaired) electrons. The summed E-state index contributed by atoms with van der Waals surface area (Å²) >= 11 is 0. The number of carbonyl (C=O) groups excluding carboxylic acids is 4. The highest BCUT2D eigenvalue weighted by Crippen LogP contribution is 2.45. The fourth-order valence-electron chi connectivity index (χ4n) is 12.0. The first-order valence-electron chi connectivity index (χ1n) is 40.7. The van der Waals surface area contributed by atoms with Gasteiger partial charge in [-0.15, -0.1) is 0 Å². The molecular formula is C79H154O17P2. The van der Waals surface area contributed by atoms with Gasteiger partial charge in [0.1, 0.15) is 19.3 Å². The Morgan fingerprint density at radius 3 is 0.724 bits per heavy atom. The van der Waals surface area contributed by atoms with E-state index in [1.165, 1.54) is 199 Å². The Morgan fingerprint density at radius 2 is 0.490 bits per heavy atom. The third-order valence-electron chi connectivity index (χ3n) is 18.7. The van der Waals surface area contributed by atoms with E-state index in [1.54, 1.807) is 0 Å². The van der Waals surface area contributed by atoms with Gasteiger partial charge in [-0.05, 0) is 49.4 Å². The zero-order chi connectivity index (χ0) is 72.4. The molecule has 0 fully saturated rings. The number of aliphatic hydroxyl groups excluding tert-OH is 1.